The van der Waals surface area contributed by atoms with Crippen molar-refractivity contribution in [2.24, 2.45) is 0 Å². The monoisotopic (exact) mass is 404 g/mol. The second kappa shape index (κ2) is 11.2. The molecule has 2 heteroatoms. The van der Waals surface area contributed by atoms with E-state index in [1.807, 2.05) is 0 Å². The Bertz CT molecular complexity index is 755. The minimum Gasteiger partial charge on any atom is -0.356 e. The fourth-order valence-electron chi connectivity index (χ4n) is 5.18. The number of rotatable bonds is 12. The van der Waals surface area contributed by atoms with E-state index < -0.39 is 0 Å². The van der Waals surface area contributed by atoms with Crippen molar-refractivity contribution < 1.29 is 0 Å². The third-order valence-electron chi connectivity index (χ3n) is 6.81. The van der Waals surface area contributed by atoms with E-state index in [1.54, 1.807) is 0 Å². The molecule has 0 bridgehead atoms. The smallest absolute Gasteiger partial charge is 0.123 e. The zero-order valence-electron chi connectivity index (χ0n) is 19.3. The van der Waals surface area contributed by atoms with Crippen molar-refractivity contribution in [1.82, 2.24) is 9.80 Å². The van der Waals surface area contributed by atoms with Crippen molar-refractivity contribution in [1.29, 1.82) is 0 Å². The second-order valence-electron chi connectivity index (χ2n) is 8.78. The maximum atomic E-state index is 2.65. The first-order valence-corrected chi connectivity index (χ1v) is 12.0. The van der Waals surface area contributed by atoms with Crippen LogP contribution in [0.3, 0.4) is 0 Å². The van der Waals surface area contributed by atoms with Crippen LogP contribution in [-0.4, -0.2) is 29.1 Å². The zero-order valence-corrected chi connectivity index (χ0v) is 19.3. The van der Waals surface area contributed by atoms with Crippen molar-refractivity contribution in [3.63, 3.8) is 0 Å². The summed E-state index contributed by atoms with van der Waals surface area (Å²) < 4.78 is 0. The Morgan fingerprint density at radius 1 is 0.767 bits per heavy atom. The predicted molar refractivity (Wildman–Crippen MR) is 129 cm³/mol. The fourth-order valence-corrected chi connectivity index (χ4v) is 5.18. The van der Waals surface area contributed by atoms with Gasteiger partial charge in [-0.2, -0.15) is 0 Å². The summed E-state index contributed by atoms with van der Waals surface area (Å²) in [5.74, 6) is 0.444. The lowest BCUT2D eigenvalue weighted by Crippen LogP contribution is -2.58. The average molecular weight is 405 g/mol. The molecular formula is C28H40N2. The lowest BCUT2D eigenvalue weighted by molar-refractivity contribution is 0.0121. The molecule has 2 nitrogen and oxygen atoms in total. The predicted octanol–water partition coefficient (Wildman–Crippen LogP) is 7.20. The van der Waals surface area contributed by atoms with Gasteiger partial charge in [-0.1, -0.05) is 107 Å². The van der Waals surface area contributed by atoms with E-state index in [0.717, 1.165) is 19.4 Å². The summed E-state index contributed by atoms with van der Waals surface area (Å²) in [6.45, 7) is 5.76. The normalized spacial score (nSPS) is 19.4. The summed E-state index contributed by atoms with van der Waals surface area (Å²) in [4.78, 5) is 5.14. The summed E-state index contributed by atoms with van der Waals surface area (Å²) in [5.41, 5.74) is 2.80. The molecule has 2 atom stereocenters. The zero-order chi connectivity index (χ0) is 21.2. The van der Waals surface area contributed by atoms with Crippen LogP contribution < -0.4 is 0 Å². The highest BCUT2D eigenvalue weighted by Gasteiger charge is 2.47. The Morgan fingerprint density at radius 2 is 1.40 bits per heavy atom. The molecule has 1 aliphatic heterocycles. The number of likely N-dealkylation sites (N-methyl/N-ethyl adjacent to an activating group) is 1. The van der Waals surface area contributed by atoms with E-state index in [9.17, 15) is 0 Å². The topological polar surface area (TPSA) is 6.48 Å². The van der Waals surface area contributed by atoms with Gasteiger partial charge in [0, 0.05) is 38.3 Å². The van der Waals surface area contributed by atoms with E-state index in [4.69, 9.17) is 0 Å². The molecule has 0 saturated carbocycles. The Kier molecular flexibility index (Phi) is 8.42. The highest BCUT2D eigenvalue weighted by Crippen LogP contribution is 2.44. The number of benzene rings is 2. The lowest BCUT2D eigenvalue weighted by atomic mass is 9.78. The van der Waals surface area contributed by atoms with Gasteiger partial charge in [-0.25, -0.2) is 0 Å². The molecule has 0 saturated heterocycles. The Labute approximate surface area is 184 Å². The lowest BCUT2D eigenvalue weighted by Gasteiger charge is -2.50. The van der Waals surface area contributed by atoms with Crippen LogP contribution in [-0.2, 0) is 6.42 Å². The molecule has 2 aromatic carbocycles. The third-order valence-corrected chi connectivity index (χ3v) is 6.81. The molecule has 2 aromatic rings. The average Bonchev–Trinajstić information content (AvgIpc) is 3.08. The largest absolute Gasteiger partial charge is 0.356 e. The summed E-state index contributed by atoms with van der Waals surface area (Å²) >= 11 is 0. The maximum absolute atomic E-state index is 2.65. The van der Waals surface area contributed by atoms with Gasteiger partial charge in [0.1, 0.15) is 5.66 Å². The van der Waals surface area contributed by atoms with Gasteiger partial charge in [0.2, 0.25) is 0 Å². The molecule has 0 radical (unpaired) electrons. The Balaban J connectivity index is 1.86. The summed E-state index contributed by atoms with van der Waals surface area (Å²) in [7, 11) is 2.27. The maximum Gasteiger partial charge on any atom is 0.123 e. The first-order valence-electron chi connectivity index (χ1n) is 12.0. The van der Waals surface area contributed by atoms with Crippen LogP contribution in [0.4, 0.5) is 0 Å². The molecule has 0 amide bonds. The van der Waals surface area contributed by atoms with Gasteiger partial charge in [-0.05, 0) is 24.0 Å². The highest BCUT2D eigenvalue weighted by molar-refractivity contribution is 5.30. The Morgan fingerprint density at radius 3 is 2.07 bits per heavy atom. The van der Waals surface area contributed by atoms with Crippen molar-refractivity contribution in [2.45, 2.75) is 76.8 Å². The van der Waals surface area contributed by atoms with E-state index in [-0.39, 0.29) is 5.66 Å². The minimum absolute atomic E-state index is 0.0547. The van der Waals surface area contributed by atoms with E-state index in [0.29, 0.717) is 5.92 Å². The van der Waals surface area contributed by atoms with Crippen LogP contribution in [0.5, 0.6) is 0 Å². The second-order valence-corrected chi connectivity index (χ2v) is 8.78. The van der Waals surface area contributed by atoms with E-state index in [1.165, 1.54) is 49.7 Å². The van der Waals surface area contributed by atoms with Crippen molar-refractivity contribution in [3.8, 4) is 0 Å². The summed E-state index contributed by atoms with van der Waals surface area (Å²) in [5, 5.41) is 0. The molecule has 0 fully saturated rings. The first kappa shape index (κ1) is 22.5. The summed E-state index contributed by atoms with van der Waals surface area (Å²) in [6.07, 6.45) is 14.8. The molecule has 0 spiro atoms. The highest BCUT2D eigenvalue weighted by atomic mass is 15.4. The SMILES string of the molecule is CCCCCCCCN1C=CN(C)C1(Cc1ccccc1)C(CC)c1ccccc1. The first-order chi connectivity index (χ1) is 14.7. The molecule has 0 aromatic heterocycles. The quantitative estimate of drug-likeness (QED) is 0.345. The Hall–Kier alpha value is -2.22. The number of hydrogen-bond acceptors (Lipinski definition) is 2. The van der Waals surface area contributed by atoms with Gasteiger partial charge >= 0.3 is 0 Å². The van der Waals surface area contributed by atoms with Gasteiger partial charge in [0.15, 0.2) is 0 Å². The van der Waals surface area contributed by atoms with Crippen LogP contribution in [0, 0.1) is 0 Å². The standard InChI is InChI=1S/C28H40N2/c1-4-6-7-8-9-16-21-30-23-22-29(3)28(30,24-25-17-12-10-13-18-25)27(5-2)26-19-14-11-15-20-26/h10-15,17-20,22-23,27H,4-9,16,21,24H2,1-3H3. The van der Waals surface area contributed by atoms with Crippen LogP contribution in [0.25, 0.3) is 0 Å². The third kappa shape index (κ3) is 5.09. The van der Waals surface area contributed by atoms with Crippen LogP contribution in [0.2, 0.25) is 0 Å². The fraction of sp³-hybridized carbons (Fsp3) is 0.500. The van der Waals surface area contributed by atoms with Crippen molar-refractivity contribution in [3.05, 3.63) is 84.2 Å². The number of hydrogen-bond donors (Lipinski definition) is 0. The van der Waals surface area contributed by atoms with Crippen LogP contribution in [0.15, 0.2) is 73.1 Å². The molecule has 0 N–H and O–H groups in total. The molecule has 1 aliphatic rings. The van der Waals surface area contributed by atoms with Crippen molar-refractivity contribution in [2.75, 3.05) is 13.6 Å². The molecule has 1 heterocycles. The molecule has 30 heavy (non-hydrogen) atoms. The van der Waals surface area contributed by atoms with Gasteiger partial charge in [-0.3, -0.25) is 0 Å². The van der Waals surface area contributed by atoms with Gasteiger partial charge in [0.05, 0.1) is 0 Å². The molecule has 162 valence electrons. The summed E-state index contributed by atoms with van der Waals surface area (Å²) in [6, 6.07) is 22.2. The molecular weight excluding hydrogens is 364 g/mol. The minimum atomic E-state index is -0.0547. The number of unbranched alkanes of at least 4 members (excludes halogenated alkanes) is 5. The van der Waals surface area contributed by atoms with Gasteiger partial charge < -0.3 is 9.80 Å². The molecule has 2 unspecified atom stereocenters. The van der Waals surface area contributed by atoms with Crippen LogP contribution >= 0.6 is 0 Å². The molecule has 3 rings (SSSR count). The van der Waals surface area contributed by atoms with Crippen LogP contribution in [0.1, 0.15) is 75.8 Å². The van der Waals surface area contributed by atoms with Gasteiger partial charge in [0.25, 0.3) is 0 Å². The van der Waals surface area contributed by atoms with E-state index in [2.05, 4.69) is 104 Å². The number of nitrogens with zero attached hydrogens (tertiary/aromatic N) is 2. The van der Waals surface area contributed by atoms with Crippen molar-refractivity contribution >= 4 is 0 Å². The van der Waals surface area contributed by atoms with Gasteiger partial charge in [-0.15, -0.1) is 0 Å². The molecule has 0 aliphatic carbocycles. The van der Waals surface area contributed by atoms with E-state index >= 15 is 0 Å².